The van der Waals surface area contributed by atoms with Gasteiger partial charge in [0.25, 0.3) is 0 Å². The van der Waals surface area contributed by atoms with Gasteiger partial charge in [-0.1, -0.05) is 41.5 Å². The Morgan fingerprint density at radius 1 is 1.00 bits per heavy atom. The van der Waals surface area contributed by atoms with Crippen LogP contribution >= 0.6 is 0 Å². The third kappa shape index (κ3) is 4.70. The quantitative estimate of drug-likeness (QED) is 0.451. The van der Waals surface area contributed by atoms with Crippen LogP contribution in [-0.2, 0) is 15.6 Å². The monoisotopic (exact) mass is 324 g/mol. The zero-order valence-electron chi connectivity index (χ0n) is 15.4. The molecule has 0 unspecified atom stereocenters. The number of nitriles is 2. The van der Waals surface area contributed by atoms with Gasteiger partial charge in [0, 0.05) is 18.1 Å². The van der Waals surface area contributed by atoms with Gasteiger partial charge >= 0.3 is 5.97 Å². The molecular formula is C20H24N2O2. The molecule has 0 spiro atoms. The van der Waals surface area contributed by atoms with Gasteiger partial charge in [-0.15, -0.1) is 0 Å². The highest BCUT2D eigenvalue weighted by atomic mass is 16.5. The van der Waals surface area contributed by atoms with Crippen molar-refractivity contribution in [2.75, 3.05) is 0 Å². The molecule has 0 heterocycles. The van der Waals surface area contributed by atoms with E-state index in [0.717, 1.165) is 16.7 Å². The van der Waals surface area contributed by atoms with Crippen molar-refractivity contribution >= 4 is 12.0 Å². The summed E-state index contributed by atoms with van der Waals surface area (Å²) in [5, 5.41) is 18.0. The van der Waals surface area contributed by atoms with Crippen molar-refractivity contribution in [3.63, 3.8) is 0 Å². The average Bonchev–Trinajstić information content (AvgIpc) is 2.42. The molecule has 0 aliphatic rings. The van der Waals surface area contributed by atoms with Crippen molar-refractivity contribution in [3.8, 4) is 17.9 Å². The molecule has 0 aliphatic carbocycles. The van der Waals surface area contributed by atoms with Crippen LogP contribution in [0.15, 0.2) is 17.7 Å². The lowest BCUT2D eigenvalue weighted by molar-refractivity contribution is -0.132. The molecule has 1 aromatic rings. The first-order valence-electron chi connectivity index (χ1n) is 7.79. The molecule has 0 saturated carbocycles. The molecule has 0 fully saturated rings. The Morgan fingerprint density at radius 3 is 1.71 bits per heavy atom. The average molecular weight is 324 g/mol. The zero-order valence-corrected chi connectivity index (χ0v) is 15.4. The summed E-state index contributed by atoms with van der Waals surface area (Å²) < 4.78 is 5.55. The summed E-state index contributed by atoms with van der Waals surface area (Å²) in [5.74, 6) is 0.194. The Morgan fingerprint density at radius 2 is 1.42 bits per heavy atom. The van der Waals surface area contributed by atoms with E-state index in [9.17, 15) is 4.79 Å². The maximum absolute atomic E-state index is 11.6. The summed E-state index contributed by atoms with van der Waals surface area (Å²) in [6.45, 7) is 13.6. The number of rotatable bonds is 2. The molecule has 0 aliphatic heterocycles. The number of carbonyl (C=O) groups is 1. The standard InChI is InChI=1S/C20H24N2O2/c1-13(23)24-18-16(19(2,3)4)9-14(8-15(11-21)12-22)10-17(18)20(5,6)7/h8-10H,1-7H3. The Hall–Kier alpha value is -2.59. The van der Waals surface area contributed by atoms with E-state index in [1.54, 1.807) is 6.08 Å². The van der Waals surface area contributed by atoms with Gasteiger partial charge in [-0.3, -0.25) is 4.79 Å². The summed E-state index contributed by atoms with van der Waals surface area (Å²) in [6.07, 6.45) is 1.56. The van der Waals surface area contributed by atoms with Gasteiger partial charge < -0.3 is 4.74 Å². The minimum atomic E-state index is -0.371. The molecule has 0 bridgehead atoms. The highest BCUT2D eigenvalue weighted by Crippen LogP contribution is 2.41. The first-order chi connectivity index (χ1) is 10.9. The molecule has 0 atom stereocenters. The zero-order chi connectivity index (χ0) is 18.7. The summed E-state index contributed by atoms with van der Waals surface area (Å²) in [6, 6.07) is 7.51. The molecule has 4 heteroatoms. The van der Waals surface area contributed by atoms with Crippen LogP contribution in [0.5, 0.6) is 5.75 Å². The molecule has 0 aromatic heterocycles. The SMILES string of the molecule is CC(=O)Oc1c(C(C)(C)C)cc(C=C(C#N)C#N)cc1C(C)(C)C. The molecule has 1 rings (SSSR count). The predicted octanol–water partition coefficient (Wildman–Crippen LogP) is 4.64. The lowest BCUT2D eigenvalue weighted by Crippen LogP contribution is -2.21. The van der Waals surface area contributed by atoms with Crippen molar-refractivity contribution in [3.05, 3.63) is 34.4 Å². The highest BCUT2D eigenvalue weighted by Gasteiger charge is 2.28. The molecule has 0 N–H and O–H groups in total. The number of hydrogen-bond acceptors (Lipinski definition) is 4. The van der Waals surface area contributed by atoms with E-state index in [-0.39, 0.29) is 22.4 Å². The van der Waals surface area contributed by atoms with Gasteiger partial charge in [0.1, 0.15) is 23.5 Å². The van der Waals surface area contributed by atoms with E-state index in [2.05, 4.69) is 0 Å². The first-order valence-corrected chi connectivity index (χ1v) is 7.79. The minimum Gasteiger partial charge on any atom is -0.426 e. The smallest absolute Gasteiger partial charge is 0.308 e. The molecule has 4 nitrogen and oxygen atoms in total. The lowest BCUT2D eigenvalue weighted by atomic mass is 9.78. The topological polar surface area (TPSA) is 73.9 Å². The number of hydrogen-bond donors (Lipinski definition) is 0. The van der Waals surface area contributed by atoms with Crippen LogP contribution < -0.4 is 4.74 Å². The molecule has 24 heavy (non-hydrogen) atoms. The van der Waals surface area contributed by atoms with E-state index in [1.165, 1.54) is 6.92 Å². The van der Waals surface area contributed by atoms with Crippen LogP contribution in [0.2, 0.25) is 0 Å². The Kier molecular flexibility index (Phi) is 5.58. The number of nitrogens with zero attached hydrogens (tertiary/aromatic N) is 2. The fourth-order valence-corrected chi connectivity index (χ4v) is 2.36. The maximum atomic E-state index is 11.6. The van der Waals surface area contributed by atoms with Crippen LogP contribution in [0, 0.1) is 22.7 Å². The normalized spacial score (nSPS) is 11.2. The van der Waals surface area contributed by atoms with E-state index in [1.807, 2.05) is 65.8 Å². The largest absolute Gasteiger partial charge is 0.426 e. The van der Waals surface area contributed by atoms with Gasteiger partial charge in [-0.25, -0.2) is 0 Å². The fourth-order valence-electron chi connectivity index (χ4n) is 2.36. The number of benzene rings is 1. The number of esters is 1. The van der Waals surface area contributed by atoms with E-state index in [4.69, 9.17) is 15.3 Å². The third-order valence-corrected chi connectivity index (χ3v) is 3.52. The van der Waals surface area contributed by atoms with Gasteiger partial charge in [0.05, 0.1) is 0 Å². The van der Waals surface area contributed by atoms with Crippen molar-refractivity contribution in [2.24, 2.45) is 0 Å². The molecule has 0 radical (unpaired) electrons. The van der Waals surface area contributed by atoms with Crippen molar-refractivity contribution in [2.45, 2.75) is 59.3 Å². The van der Waals surface area contributed by atoms with Crippen molar-refractivity contribution in [1.82, 2.24) is 0 Å². The van der Waals surface area contributed by atoms with Gasteiger partial charge in [-0.2, -0.15) is 10.5 Å². The van der Waals surface area contributed by atoms with Gasteiger partial charge in [0.2, 0.25) is 0 Å². The fraction of sp³-hybridized carbons (Fsp3) is 0.450. The maximum Gasteiger partial charge on any atom is 0.308 e. The predicted molar refractivity (Wildman–Crippen MR) is 94.4 cm³/mol. The molecular weight excluding hydrogens is 300 g/mol. The molecule has 1 aromatic carbocycles. The van der Waals surface area contributed by atoms with Crippen LogP contribution in [0.25, 0.3) is 6.08 Å². The van der Waals surface area contributed by atoms with Crippen molar-refractivity contribution < 1.29 is 9.53 Å². The number of ether oxygens (including phenoxy) is 1. The second-order valence-electron chi connectivity index (χ2n) is 7.82. The van der Waals surface area contributed by atoms with E-state index in [0.29, 0.717) is 5.75 Å². The number of allylic oxidation sites excluding steroid dienone is 1. The van der Waals surface area contributed by atoms with Crippen LogP contribution in [-0.4, -0.2) is 5.97 Å². The summed E-state index contributed by atoms with van der Waals surface area (Å²) in [5.41, 5.74) is 1.98. The minimum absolute atomic E-state index is 0.0370. The van der Waals surface area contributed by atoms with Crippen molar-refractivity contribution in [1.29, 1.82) is 10.5 Å². The highest BCUT2D eigenvalue weighted by molar-refractivity contribution is 5.73. The van der Waals surface area contributed by atoms with Crippen LogP contribution in [0.1, 0.15) is 65.2 Å². The Labute approximate surface area is 144 Å². The third-order valence-electron chi connectivity index (χ3n) is 3.52. The lowest BCUT2D eigenvalue weighted by Gasteiger charge is -2.29. The Balaban J connectivity index is 3.84. The van der Waals surface area contributed by atoms with Gasteiger partial charge in [0.15, 0.2) is 0 Å². The second-order valence-corrected chi connectivity index (χ2v) is 7.82. The molecule has 0 amide bonds. The summed E-state index contributed by atoms with van der Waals surface area (Å²) >= 11 is 0. The summed E-state index contributed by atoms with van der Waals surface area (Å²) in [7, 11) is 0. The van der Waals surface area contributed by atoms with Crippen LogP contribution in [0.3, 0.4) is 0 Å². The number of carbonyl (C=O) groups excluding carboxylic acids is 1. The van der Waals surface area contributed by atoms with E-state index >= 15 is 0 Å². The first kappa shape index (κ1) is 19.5. The van der Waals surface area contributed by atoms with Crippen LogP contribution in [0.4, 0.5) is 0 Å². The second kappa shape index (κ2) is 6.89. The van der Waals surface area contributed by atoms with Gasteiger partial charge in [-0.05, 0) is 34.6 Å². The summed E-state index contributed by atoms with van der Waals surface area (Å²) in [4.78, 5) is 11.6. The molecule has 126 valence electrons. The molecule has 0 saturated heterocycles. The van der Waals surface area contributed by atoms with E-state index < -0.39 is 0 Å². The Bertz CT molecular complexity index is 710.